The number of carbonyl (C=O) groups is 2. The molecule has 0 spiro atoms. The number of ether oxygens (including phenoxy) is 2. The lowest BCUT2D eigenvalue weighted by Crippen LogP contribution is -2.15. The van der Waals surface area contributed by atoms with Crippen molar-refractivity contribution >= 4 is 23.2 Å². The van der Waals surface area contributed by atoms with E-state index in [9.17, 15) is 9.59 Å². The van der Waals surface area contributed by atoms with Crippen molar-refractivity contribution in [2.45, 2.75) is 0 Å². The molecule has 33 heavy (non-hydrogen) atoms. The third kappa shape index (κ3) is 4.85. The van der Waals surface area contributed by atoms with Gasteiger partial charge in [0, 0.05) is 23.3 Å². The van der Waals surface area contributed by atoms with Crippen molar-refractivity contribution in [3.63, 3.8) is 0 Å². The highest BCUT2D eigenvalue weighted by atomic mass is 16.5. The first kappa shape index (κ1) is 21.6. The van der Waals surface area contributed by atoms with Crippen molar-refractivity contribution in [1.82, 2.24) is 10.2 Å². The van der Waals surface area contributed by atoms with Gasteiger partial charge < -0.3 is 20.1 Å². The van der Waals surface area contributed by atoms with Gasteiger partial charge in [0.05, 0.1) is 31.3 Å². The van der Waals surface area contributed by atoms with Crippen LogP contribution in [-0.2, 0) is 0 Å². The minimum Gasteiger partial charge on any atom is -0.494 e. The van der Waals surface area contributed by atoms with E-state index in [1.54, 1.807) is 42.5 Å². The fourth-order valence-corrected chi connectivity index (χ4v) is 3.26. The number of hydrogen-bond donors (Lipinski definition) is 3. The molecule has 0 saturated heterocycles. The number of anilines is 2. The molecule has 1 heterocycles. The van der Waals surface area contributed by atoms with E-state index in [0.29, 0.717) is 34.1 Å². The Hall–Kier alpha value is -4.59. The molecule has 3 N–H and O–H groups in total. The zero-order valence-corrected chi connectivity index (χ0v) is 18.1. The first-order chi connectivity index (χ1) is 16.1. The van der Waals surface area contributed by atoms with Gasteiger partial charge in [-0.15, -0.1) is 0 Å². The maximum absolute atomic E-state index is 12.8. The fraction of sp³-hybridized carbons (Fsp3) is 0.0800. The van der Waals surface area contributed by atoms with E-state index in [1.165, 1.54) is 14.2 Å². The summed E-state index contributed by atoms with van der Waals surface area (Å²) in [5.41, 5.74) is 3.14. The maximum Gasteiger partial charge on any atom is 0.273 e. The van der Waals surface area contributed by atoms with Crippen LogP contribution in [-0.4, -0.2) is 36.2 Å². The van der Waals surface area contributed by atoms with Crippen molar-refractivity contribution in [3.8, 4) is 22.8 Å². The van der Waals surface area contributed by atoms with Crippen LogP contribution < -0.4 is 20.1 Å². The SMILES string of the molecule is COc1cc(NC(=O)c2cc(-c3ccccc3)n[nH]2)c(OC)cc1NC(=O)c1ccccc1. The topological polar surface area (TPSA) is 105 Å². The Morgan fingerprint density at radius 3 is 1.88 bits per heavy atom. The van der Waals surface area contributed by atoms with Gasteiger partial charge in [0.25, 0.3) is 11.8 Å². The molecule has 4 rings (SSSR count). The molecular weight excluding hydrogens is 420 g/mol. The lowest BCUT2D eigenvalue weighted by molar-refractivity contribution is 0.101. The van der Waals surface area contributed by atoms with Crippen LogP contribution in [0.4, 0.5) is 11.4 Å². The van der Waals surface area contributed by atoms with Crippen LogP contribution >= 0.6 is 0 Å². The predicted molar refractivity (Wildman–Crippen MR) is 126 cm³/mol. The number of nitrogens with zero attached hydrogens (tertiary/aromatic N) is 1. The summed E-state index contributed by atoms with van der Waals surface area (Å²) in [5, 5.41) is 12.6. The molecule has 2 amide bonds. The third-order valence-electron chi connectivity index (χ3n) is 4.95. The second-order valence-electron chi connectivity index (χ2n) is 7.06. The van der Waals surface area contributed by atoms with Gasteiger partial charge in [-0.05, 0) is 18.2 Å². The van der Waals surface area contributed by atoms with Gasteiger partial charge in [0.2, 0.25) is 0 Å². The summed E-state index contributed by atoms with van der Waals surface area (Å²) in [6, 6.07) is 23.2. The van der Waals surface area contributed by atoms with Crippen LogP contribution in [0.3, 0.4) is 0 Å². The van der Waals surface area contributed by atoms with Gasteiger partial charge in [-0.1, -0.05) is 48.5 Å². The zero-order valence-electron chi connectivity index (χ0n) is 18.1. The highest BCUT2D eigenvalue weighted by molar-refractivity contribution is 6.07. The minimum absolute atomic E-state index is 0.288. The smallest absolute Gasteiger partial charge is 0.273 e. The second kappa shape index (κ2) is 9.69. The molecule has 8 nitrogen and oxygen atoms in total. The summed E-state index contributed by atoms with van der Waals surface area (Å²) in [7, 11) is 2.95. The van der Waals surface area contributed by atoms with Gasteiger partial charge in [0.1, 0.15) is 17.2 Å². The number of methoxy groups -OCH3 is 2. The van der Waals surface area contributed by atoms with Crippen LogP contribution in [0.1, 0.15) is 20.8 Å². The summed E-state index contributed by atoms with van der Waals surface area (Å²) < 4.78 is 10.9. The number of amides is 2. The maximum atomic E-state index is 12.8. The molecule has 0 aliphatic heterocycles. The molecule has 1 aromatic heterocycles. The molecule has 0 saturated carbocycles. The largest absolute Gasteiger partial charge is 0.494 e. The quantitative estimate of drug-likeness (QED) is 0.388. The average Bonchev–Trinajstić information content (AvgIpc) is 3.36. The van der Waals surface area contributed by atoms with Gasteiger partial charge in [-0.3, -0.25) is 14.7 Å². The lowest BCUT2D eigenvalue weighted by atomic mass is 10.1. The Labute approximate surface area is 190 Å². The third-order valence-corrected chi connectivity index (χ3v) is 4.95. The molecule has 0 aliphatic carbocycles. The summed E-state index contributed by atoms with van der Waals surface area (Å²) in [6.07, 6.45) is 0. The number of aromatic amines is 1. The van der Waals surface area contributed by atoms with Crippen LogP contribution in [0.5, 0.6) is 11.5 Å². The van der Waals surface area contributed by atoms with Crippen molar-refractivity contribution in [2.24, 2.45) is 0 Å². The molecule has 4 aromatic rings. The van der Waals surface area contributed by atoms with Crippen molar-refractivity contribution in [2.75, 3.05) is 24.9 Å². The molecule has 0 aliphatic rings. The van der Waals surface area contributed by atoms with E-state index in [2.05, 4.69) is 20.8 Å². The minimum atomic E-state index is -0.397. The zero-order chi connectivity index (χ0) is 23.2. The Kier molecular flexibility index (Phi) is 6.36. The normalized spacial score (nSPS) is 10.4. The van der Waals surface area contributed by atoms with Crippen LogP contribution in [0.15, 0.2) is 78.9 Å². The van der Waals surface area contributed by atoms with Crippen LogP contribution in [0, 0.1) is 0 Å². The van der Waals surface area contributed by atoms with Gasteiger partial charge in [0.15, 0.2) is 0 Å². The molecule has 0 fully saturated rings. The summed E-state index contributed by atoms with van der Waals surface area (Å²) in [4.78, 5) is 25.4. The number of H-pyrrole nitrogens is 1. The second-order valence-corrected chi connectivity index (χ2v) is 7.06. The summed E-state index contributed by atoms with van der Waals surface area (Å²) in [6.45, 7) is 0. The first-order valence-electron chi connectivity index (χ1n) is 10.1. The van der Waals surface area contributed by atoms with E-state index in [1.807, 2.05) is 36.4 Å². The number of carbonyl (C=O) groups excluding carboxylic acids is 2. The molecule has 8 heteroatoms. The Bertz CT molecular complexity index is 1270. The van der Waals surface area contributed by atoms with Crippen molar-refractivity contribution in [3.05, 3.63) is 90.1 Å². The average molecular weight is 442 g/mol. The first-order valence-corrected chi connectivity index (χ1v) is 10.1. The highest BCUT2D eigenvalue weighted by Gasteiger charge is 2.18. The number of benzene rings is 3. The van der Waals surface area contributed by atoms with Crippen molar-refractivity contribution in [1.29, 1.82) is 0 Å². The molecule has 0 radical (unpaired) electrons. The molecule has 0 atom stereocenters. The van der Waals surface area contributed by atoms with E-state index in [4.69, 9.17) is 9.47 Å². The summed E-state index contributed by atoms with van der Waals surface area (Å²) in [5.74, 6) is 0.0324. The van der Waals surface area contributed by atoms with E-state index < -0.39 is 5.91 Å². The van der Waals surface area contributed by atoms with Gasteiger partial charge >= 0.3 is 0 Å². The highest BCUT2D eigenvalue weighted by Crippen LogP contribution is 2.37. The fourth-order valence-electron chi connectivity index (χ4n) is 3.26. The van der Waals surface area contributed by atoms with E-state index in [0.717, 1.165) is 5.56 Å². The number of hydrogen-bond acceptors (Lipinski definition) is 5. The van der Waals surface area contributed by atoms with Gasteiger partial charge in [-0.2, -0.15) is 5.10 Å². The Morgan fingerprint density at radius 1 is 0.758 bits per heavy atom. The lowest BCUT2D eigenvalue weighted by Gasteiger charge is -2.16. The number of rotatable bonds is 7. The summed E-state index contributed by atoms with van der Waals surface area (Å²) >= 11 is 0. The molecule has 0 bridgehead atoms. The van der Waals surface area contributed by atoms with E-state index in [-0.39, 0.29) is 11.6 Å². The van der Waals surface area contributed by atoms with Crippen molar-refractivity contribution < 1.29 is 19.1 Å². The van der Waals surface area contributed by atoms with E-state index >= 15 is 0 Å². The Morgan fingerprint density at radius 2 is 1.30 bits per heavy atom. The monoisotopic (exact) mass is 442 g/mol. The molecule has 166 valence electrons. The standard InChI is InChI=1S/C25H22N4O4/c1-32-22-15-20(23(33-2)14-19(22)26-24(30)17-11-7-4-8-12-17)27-25(31)21-13-18(28-29-21)16-9-5-3-6-10-16/h3-15H,1-2H3,(H,26,30)(H,27,31)(H,28,29). The van der Waals surface area contributed by atoms with Crippen LogP contribution in [0.25, 0.3) is 11.3 Å². The Balaban J connectivity index is 1.56. The predicted octanol–water partition coefficient (Wildman–Crippen LogP) is 4.60. The molecular formula is C25H22N4O4. The number of nitrogens with one attached hydrogen (secondary N) is 3. The number of aromatic nitrogens is 2. The molecule has 0 unspecified atom stereocenters. The van der Waals surface area contributed by atoms with Gasteiger partial charge in [-0.25, -0.2) is 0 Å². The van der Waals surface area contributed by atoms with Crippen LogP contribution in [0.2, 0.25) is 0 Å². The molecule has 3 aromatic carbocycles.